The number of thiophene rings is 1. The van der Waals surface area contributed by atoms with Crippen LogP contribution in [-0.2, 0) is 0 Å². The molecule has 0 saturated carbocycles. The lowest BCUT2D eigenvalue weighted by molar-refractivity contribution is 0.102. The van der Waals surface area contributed by atoms with Crippen molar-refractivity contribution in [3.05, 3.63) is 46.8 Å². The van der Waals surface area contributed by atoms with Crippen molar-refractivity contribution in [2.45, 2.75) is 19.8 Å². The van der Waals surface area contributed by atoms with Gasteiger partial charge in [-0.05, 0) is 17.5 Å². The number of nitrogen functional groups attached to an aromatic ring is 1. The topological polar surface area (TPSA) is 55.1 Å². The van der Waals surface area contributed by atoms with Crippen LogP contribution in [0, 0.1) is 0 Å². The number of ketones is 1. The molecule has 1 aromatic heterocycles. The molecule has 3 nitrogen and oxygen atoms in total. The number of nitrogens with two attached hydrogens (primary N) is 1. The van der Waals surface area contributed by atoms with Gasteiger partial charge in [0.15, 0.2) is 5.78 Å². The van der Waals surface area contributed by atoms with Crippen molar-refractivity contribution in [1.29, 1.82) is 0 Å². The van der Waals surface area contributed by atoms with Crippen molar-refractivity contribution in [3.63, 3.8) is 0 Å². The summed E-state index contributed by atoms with van der Waals surface area (Å²) in [5.41, 5.74) is 7.67. The lowest BCUT2D eigenvalue weighted by Crippen LogP contribution is -2.08. The second kappa shape index (κ2) is 5.89. The number of hydrogen-bond donors (Lipinski definition) is 2. The summed E-state index contributed by atoms with van der Waals surface area (Å²) < 4.78 is 0. The molecule has 3 N–H and O–H groups in total. The van der Waals surface area contributed by atoms with Crippen LogP contribution in [0.4, 0.5) is 10.7 Å². The summed E-state index contributed by atoms with van der Waals surface area (Å²) >= 11 is 1.42. The third-order valence-corrected chi connectivity index (χ3v) is 4.24. The first-order valence-corrected chi connectivity index (χ1v) is 7.08. The molecule has 4 heteroatoms. The van der Waals surface area contributed by atoms with E-state index in [1.165, 1.54) is 16.9 Å². The first-order chi connectivity index (χ1) is 9.08. The highest BCUT2D eigenvalue weighted by molar-refractivity contribution is 7.18. The first-order valence-electron chi connectivity index (χ1n) is 6.27. The van der Waals surface area contributed by atoms with Crippen molar-refractivity contribution >= 4 is 27.8 Å². The van der Waals surface area contributed by atoms with E-state index in [2.05, 4.69) is 24.4 Å². The Kier molecular flexibility index (Phi) is 4.22. The Morgan fingerprint density at radius 3 is 2.63 bits per heavy atom. The average molecular weight is 274 g/mol. The van der Waals surface area contributed by atoms with E-state index in [0.29, 0.717) is 16.5 Å². The Balaban J connectivity index is 1.99. The second-order valence-electron chi connectivity index (χ2n) is 4.64. The van der Waals surface area contributed by atoms with Crippen LogP contribution in [0.1, 0.15) is 35.0 Å². The monoisotopic (exact) mass is 274 g/mol. The van der Waals surface area contributed by atoms with Gasteiger partial charge in [-0.25, -0.2) is 0 Å². The molecule has 1 atom stereocenters. The zero-order chi connectivity index (χ0) is 13.8. The molecule has 0 aliphatic carbocycles. The third-order valence-electron chi connectivity index (χ3n) is 3.03. The van der Waals surface area contributed by atoms with Gasteiger partial charge in [0.05, 0.1) is 15.6 Å². The molecule has 0 aliphatic heterocycles. The summed E-state index contributed by atoms with van der Waals surface area (Å²) in [7, 11) is 0. The van der Waals surface area contributed by atoms with Crippen LogP contribution < -0.4 is 11.1 Å². The molecule has 0 aliphatic rings. The van der Waals surface area contributed by atoms with Crippen LogP contribution >= 0.6 is 11.3 Å². The van der Waals surface area contributed by atoms with Gasteiger partial charge in [0, 0.05) is 13.5 Å². The predicted molar refractivity (Wildman–Crippen MR) is 82.1 cm³/mol. The molecule has 1 heterocycles. The van der Waals surface area contributed by atoms with Gasteiger partial charge in [0.2, 0.25) is 0 Å². The number of carbonyl (C=O) groups excluding carboxylic acids is 1. The second-order valence-corrected chi connectivity index (χ2v) is 5.70. The normalized spacial score (nSPS) is 12.1. The zero-order valence-corrected chi connectivity index (χ0v) is 12.0. The molecule has 19 heavy (non-hydrogen) atoms. The number of Topliss-reactive ketones (excluding diaryl/α,β-unsaturated/α-hetero) is 1. The number of nitrogens with one attached hydrogen (secondary N) is 1. The molecule has 2 aromatic rings. The fraction of sp³-hybridized carbons (Fsp3) is 0.267. The Hall–Kier alpha value is -1.81. The third kappa shape index (κ3) is 3.35. The first kappa shape index (κ1) is 13.6. The Labute approximate surface area is 117 Å². The van der Waals surface area contributed by atoms with Crippen LogP contribution in [0.5, 0.6) is 0 Å². The zero-order valence-electron chi connectivity index (χ0n) is 11.1. The van der Waals surface area contributed by atoms with Crippen molar-refractivity contribution in [2.24, 2.45) is 0 Å². The van der Waals surface area contributed by atoms with Crippen LogP contribution in [0.25, 0.3) is 0 Å². The lowest BCUT2D eigenvalue weighted by atomic mass is 10.0. The number of benzene rings is 1. The van der Waals surface area contributed by atoms with E-state index in [1.807, 2.05) is 24.3 Å². The van der Waals surface area contributed by atoms with Crippen molar-refractivity contribution in [3.8, 4) is 0 Å². The highest BCUT2D eigenvalue weighted by Gasteiger charge is 2.11. The van der Waals surface area contributed by atoms with Gasteiger partial charge in [0.25, 0.3) is 0 Å². The van der Waals surface area contributed by atoms with E-state index in [1.54, 1.807) is 6.92 Å². The number of hydrogen-bond acceptors (Lipinski definition) is 4. The number of anilines is 2. The van der Waals surface area contributed by atoms with E-state index in [4.69, 9.17) is 5.73 Å². The Morgan fingerprint density at radius 2 is 2.05 bits per heavy atom. The quantitative estimate of drug-likeness (QED) is 0.816. The molecule has 1 unspecified atom stereocenters. The maximum Gasteiger partial charge on any atom is 0.171 e. The molecule has 0 amide bonds. The molecular weight excluding hydrogens is 256 g/mol. The van der Waals surface area contributed by atoms with Crippen LogP contribution in [0.2, 0.25) is 0 Å². The summed E-state index contributed by atoms with van der Waals surface area (Å²) in [4.78, 5) is 12.0. The van der Waals surface area contributed by atoms with Gasteiger partial charge < -0.3 is 11.1 Å². The van der Waals surface area contributed by atoms with Gasteiger partial charge in [-0.15, -0.1) is 11.3 Å². The molecule has 0 radical (unpaired) electrons. The van der Waals surface area contributed by atoms with Gasteiger partial charge in [-0.2, -0.15) is 0 Å². The van der Waals surface area contributed by atoms with E-state index in [0.717, 1.165) is 11.5 Å². The molecule has 0 fully saturated rings. The van der Waals surface area contributed by atoms with Crippen molar-refractivity contribution in [1.82, 2.24) is 0 Å². The average Bonchev–Trinajstić information content (AvgIpc) is 2.78. The molecule has 2 rings (SSSR count). The standard InChI is InChI=1S/C15H18N2OS/c1-10(12-6-4-3-5-7-12)9-17-14-8-13(16)15(19-14)11(2)18/h3-8,10,17H,9,16H2,1-2H3. The minimum atomic E-state index is 0.0201. The summed E-state index contributed by atoms with van der Waals surface area (Å²) in [5, 5.41) is 4.29. The smallest absolute Gasteiger partial charge is 0.171 e. The van der Waals surface area contributed by atoms with E-state index in [9.17, 15) is 4.79 Å². The van der Waals surface area contributed by atoms with Crippen molar-refractivity contribution in [2.75, 3.05) is 17.6 Å². The van der Waals surface area contributed by atoms with Gasteiger partial charge >= 0.3 is 0 Å². The van der Waals surface area contributed by atoms with Gasteiger partial charge in [-0.3, -0.25) is 4.79 Å². The van der Waals surface area contributed by atoms with E-state index < -0.39 is 0 Å². The number of carbonyl (C=O) groups is 1. The van der Waals surface area contributed by atoms with E-state index >= 15 is 0 Å². The molecule has 0 saturated heterocycles. The van der Waals surface area contributed by atoms with Gasteiger partial charge in [-0.1, -0.05) is 37.3 Å². The van der Waals surface area contributed by atoms with Crippen LogP contribution in [0.15, 0.2) is 36.4 Å². The lowest BCUT2D eigenvalue weighted by Gasteiger charge is -2.12. The largest absolute Gasteiger partial charge is 0.397 e. The SMILES string of the molecule is CC(=O)c1sc(NCC(C)c2ccccc2)cc1N. The minimum Gasteiger partial charge on any atom is -0.397 e. The minimum absolute atomic E-state index is 0.0201. The fourth-order valence-corrected chi connectivity index (χ4v) is 2.80. The summed E-state index contributed by atoms with van der Waals surface area (Å²) in [6.07, 6.45) is 0. The van der Waals surface area contributed by atoms with Crippen LogP contribution in [-0.4, -0.2) is 12.3 Å². The predicted octanol–water partition coefficient (Wildman–Crippen LogP) is 3.75. The highest BCUT2D eigenvalue weighted by atomic mass is 32.1. The van der Waals surface area contributed by atoms with Crippen molar-refractivity contribution < 1.29 is 4.79 Å². The summed E-state index contributed by atoms with van der Waals surface area (Å²) in [6.45, 7) is 4.53. The molecule has 100 valence electrons. The van der Waals surface area contributed by atoms with E-state index in [-0.39, 0.29) is 5.78 Å². The molecule has 0 spiro atoms. The maximum atomic E-state index is 11.3. The summed E-state index contributed by atoms with van der Waals surface area (Å²) in [6, 6.07) is 12.2. The highest BCUT2D eigenvalue weighted by Crippen LogP contribution is 2.30. The Bertz CT molecular complexity index is 563. The molecular formula is C15H18N2OS. The number of rotatable bonds is 5. The Morgan fingerprint density at radius 1 is 1.37 bits per heavy atom. The molecule has 0 bridgehead atoms. The fourth-order valence-electron chi connectivity index (χ4n) is 1.92. The maximum absolute atomic E-state index is 11.3. The molecule has 1 aromatic carbocycles. The van der Waals surface area contributed by atoms with Crippen LogP contribution in [0.3, 0.4) is 0 Å². The summed E-state index contributed by atoms with van der Waals surface area (Å²) in [5.74, 6) is 0.428. The van der Waals surface area contributed by atoms with Gasteiger partial charge in [0.1, 0.15) is 0 Å².